The van der Waals surface area contributed by atoms with Crippen LogP contribution in [0.1, 0.15) is 17.4 Å². The maximum Gasteiger partial charge on any atom is 0.271 e. The molecule has 0 fully saturated rings. The number of aliphatic hydroxyl groups excluding tert-OH is 1. The molecule has 1 atom stereocenters. The second kappa shape index (κ2) is 4.88. The number of halogens is 1. The Hall–Kier alpha value is -1.20. The number of carbonyl (C=O) groups excluding carboxylic acids is 1. The second-order valence-corrected chi connectivity index (χ2v) is 3.17. The van der Waals surface area contributed by atoms with Crippen LogP contribution in [0, 0.1) is 0 Å². The fourth-order valence-corrected chi connectivity index (χ4v) is 0.930. The van der Waals surface area contributed by atoms with Gasteiger partial charge in [-0.05, 0) is 6.92 Å². The van der Waals surface area contributed by atoms with Crippen LogP contribution in [0.3, 0.4) is 0 Å². The summed E-state index contributed by atoms with van der Waals surface area (Å²) in [6.45, 7) is 1.75. The minimum atomic E-state index is -0.592. The number of carbonyl (C=O) groups is 1. The van der Waals surface area contributed by atoms with Crippen LogP contribution in [0.5, 0.6) is 0 Å². The van der Waals surface area contributed by atoms with Crippen molar-refractivity contribution in [1.82, 2.24) is 15.3 Å². The molecule has 0 aliphatic heterocycles. The van der Waals surface area contributed by atoms with Crippen LogP contribution in [0.15, 0.2) is 12.4 Å². The van der Waals surface area contributed by atoms with Crippen molar-refractivity contribution >= 4 is 17.5 Å². The maximum atomic E-state index is 11.3. The van der Waals surface area contributed by atoms with Crippen LogP contribution in [0.4, 0.5) is 0 Å². The lowest BCUT2D eigenvalue weighted by molar-refractivity contribution is 0.0918. The van der Waals surface area contributed by atoms with Crippen molar-refractivity contribution in [2.75, 3.05) is 6.54 Å². The molecule has 1 heterocycles. The van der Waals surface area contributed by atoms with E-state index in [1.54, 1.807) is 6.92 Å². The molecule has 6 heteroatoms. The average molecular weight is 216 g/mol. The number of rotatable bonds is 3. The van der Waals surface area contributed by atoms with Gasteiger partial charge in [0.15, 0.2) is 0 Å². The topological polar surface area (TPSA) is 75.1 Å². The molecule has 0 aromatic carbocycles. The maximum absolute atomic E-state index is 11.3. The zero-order valence-corrected chi connectivity index (χ0v) is 8.32. The van der Waals surface area contributed by atoms with Crippen LogP contribution in [0.25, 0.3) is 0 Å². The molecule has 0 aliphatic rings. The number of amides is 1. The first kappa shape index (κ1) is 10.9. The van der Waals surface area contributed by atoms with Gasteiger partial charge in [0.05, 0.1) is 18.5 Å². The van der Waals surface area contributed by atoms with E-state index < -0.39 is 12.0 Å². The molecule has 2 N–H and O–H groups in total. The first-order valence-electron chi connectivity index (χ1n) is 4.03. The molecule has 1 aromatic rings. The molecule has 5 nitrogen and oxygen atoms in total. The van der Waals surface area contributed by atoms with Crippen LogP contribution in [-0.4, -0.2) is 33.6 Å². The molecule has 0 unspecified atom stereocenters. The van der Waals surface area contributed by atoms with Crippen molar-refractivity contribution in [3.8, 4) is 0 Å². The third-order valence-electron chi connectivity index (χ3n) is 1.40. The predicted octanol–water partition coefficient (Wildman–Crippen LogP) is 0.241. The fourth-order valence-electron chi connectivity index (χ4n) is 0.783. The largest absolute Gasteiger partial charge is 0.392 e. The Bertz CT molecular complexity index is 330. The number of aromatic nitrogens is 2. The Labute approximate surface area is 86.1 Å². The zero-order chi connectivity index (χ0) is 10.6. The summed E-state index contributed by atoms with van der Waals surface area (Å²) < 4.78 is 0. The number of nitrogens with zero attached hydrogens (tertiary/aromatic N) is 2. The Morgan fingerprint density at radius 2 is 2.43 bits per heavy atom. The summed E-state index contributed by atoms with van der Waals surface area (Å²) in [5.41, 5.74) is 0.137. The Morgan fingerprint density at radius 1 is 1.71 bits per heavy atom. The fraction of sp³-hybridized carbons (Fsp3) is 0.375. The van der Waals surface area contributed by atoms with Gasteiger partial charge in [0, 0.05) is 6.54 Å². The summed E-state index contributed by atoms with van der Waals surface area (Å²) in [7, 11) is 0. The highest BCUT2D eigenvalue weighted by Gasteiger charge is 2.08. The molecule has 0 saturated heterocycles. The third-order valence-corrected chi connectivity index (χ3v) is 1.58. The molecular weight excluding hydrogens is 206 g/mol. The van der Waals surface area contributed by atoms with Crippen molar-refractivity contribution in [3.63, 3.8) is 0 Å². The van der Waals surface area contributed by atoms with Crippen molar-refractivity contribution in [2.24, 2.45) is 0 Å². The molecule has 14 heavy (non-hydrogen) atoms. The van der Waals surface area contributed by atoms with Gasteiger partial charge in [0.2, 0.25) is 0 Å². The highest BCUT2D eigenvalue weighted by Crippen LogP contribution is 2.01. The smallest absolute Gasteiger partial charge is 0.271 e. The van der Waals surface area contributed by atoms with E-state index in [0.717, 1.165) is 0 Å². The molecule has 1 rings (SSSR count). The molecule has 0 aliphatic carbocycles. The Balaban J connectivity index is 2.61. The average Bonchev–Trinajstić information content (AvgIpc) is 2.14. The van der Waals surface area contributed by atoms with E-state index in [9.17, 15) is 4.79 Å². The summed E-state index contributed by atoms with van der Waals surface area (Å²) in [4.78, 5) is 18.8. The van der Waals surface area contributed by atoms with Crippen molar-refractivity contribution in [3.05, 3.63) is 23.2 Å². The SMILES string of the molecule is C[C@@H](O)CNC(=O)c1cncc(Cl)n1. The summed E-state index contributed by atoms with van der Waals surface area (Å²) in [5.74, 6) is -0.402. The van der Waals surface area contributed by atoms with Crippen LogP contribution < -0.4 is 5.32 Å². The first-order valence-corrected chi connectivity index (χ1v) is 4.41. The van der Waals surface area contributed by atoms with Crippen molar-refractivity contribution in [2.45, 2.75) is 13.0 Å². The normalized spacial score (nSPS) is 12.2. The Kier molecular flexibility index (Phi) is 3.79. The van der Waals surface area contributed by atoms with Crippen LogP contribution >= 0.6 is 11.6 Å². The quantitative estimate of drug-likeness (QED) is 0.758. The van der Waals surface area contributed by atoms with E-state index in [4.69, 9.17) is 16.7 Å². The second-order valence-electron chi connectivity index (χ2n) is 2.79. The molecule has 76 valence electrons. The van der Waals surface area contributed by atoms with Gasteiger partial charge in [-0.15, -0.1) is 0 Å². The van der Waals surface area contributed by atoms with Crippen molar-refractivity contribution in [1.29, 1.82) is 0 Å². The van der Waals surface area contributed by atoms with Gasteiger partial charge >= 0.3 is 0 Å². The predicted molar refractivity (Wildman–Crippen MR) is 51.1 cm³/mol. The summed E-state index contributed by atoms with van der Waals surface area (Å²) in [6, 6.07) is 0. The van der Waals surface area contributed by atoms with Gasteiger partial charge in [-0.1, -0.05) is 11.6 Å². The van der Waals surface area contributed by atoms with Crippen LogP contribution in [0.2, 0.25) is 5.15 Å². The van der Waals surface area contributed by atoms with E-state index in [-0.39, 0.29) is 17.4 Å². The molecular formula is C8H10ClN3O2. The van der Waals surface area contributed by atoms with E-state index in [1.165, 1.54) is 12.4 Å². The minimum absolute atomic E-state index is 0.137. The van der Waals surface area contributed by atoms with Gasteiger partial charge in [-0.3, -0.25) is 9.78 Å². The highest BCUT2D eigenvalue weighted by atomic mass is 35.5. The van der Waals surface area contributed by atoms with Gasteiger partial charge < -0.3 is 10.4 Å². The Morgan fingerprint density at radius 3 is 3.00 bits per heavy atom. The van der Waals surface area contributed by atoms with Gasteiger partial charge in [0.25, 0.3) is 5.91 Å². The first-order chi connectivity index (χ1) is 6.59. The number of hydrogen-bond acceptors (Lipinski definition) is 4. The van der Waals surface area contributed by atoms with E-state index in [2.05, 4.69) is 15.3 Å². The van der Waals surface area contributed by atoms with E-state index in [0.29, 0.717) is 0 Å². The molecule has 1 amide bonds. The summed E-state index contributed by atoms with van der Waals surface area (Å²) in [5, 5.41) is 11.6. The molecule has 0 bridgehead atoms. The lowest BCUT2D eigenvalue weighted by Crippen LogP contribution is -2.31. The van der Waals surface area contributed by atoms with Gasteiger partial charge in [0.1, 0.15) is 10.8 Å². The molecule has 1 aromatic heterocycles. The third kappa shape index (κ3) is 3.27. The number of aliphatic hydroxyl groups is 1. The summed E-state index contributed by atoms with van der Waals surface area (Å²) in [6.07, 6.45) is 2.06. The standard InChI is InChI=1S/C8H10ClN3O2/c1-5(13)2-11-8(14)6-3-10-4-7(9)12-6/h3-5,13H,2H2,1H3,(H,11,14)/t5-/m1/s1. The molecule has 0 radical (unpaired) electrons. The van der Waals surface area contributed by atoms with E-state index >= 15 is 0 Å². The van der Waals surface area contributed by atoms with Crippen LogP contribution in [-0.2, 0) is 0 Å². The monoisotopic (exact) mass is 215 g/mol. The minimum Gasteiger partial charge on any atom is -0.392 e. The van der Waals surface area contributed by atoms with Gasteiger partial charge in [-0.25, -0.2) is 4.98 Å². The van der Waals surface area contributed by atoms with E-state index in [1.807, 2.05) is 0 Å². The highest BCUT2D eigenvalue weighted by molar-refractivity contribution is 6.29. The number of hydrogen-bond donors (Lipinski definition) is 2. The summed E-state index contributed by atoms with van der Waals surface area (Å²) >= 11 is 5.55. The molecule has 0 saturated carbocycles. The lowest BCUT2D eigenvalue weighted by atomic mass is 10.3. The lowest BCUT2D eigenvalue weighted by Gasteiger charge is -2.05. The van der Waals surface area contributed by atoms with Gasteiger partial charge in [-0.2, -0.15) is 0 Å². The molecule has 0 spiro atoms. The number of nitrogens with one attached hydrogen (secondary N) is 1. The van der Waals surface area contributed by atoms with Crippen molar-refractivity contribution < 1.29 is 9.90 Å². The zero-order valence-electron chi connectivity index (χ0n) is 7.57.